The minimum atomic E-state index is -0.806. The van der Waals surface area contributed by atoms with Gasteiger partial charge in [-0.25, -0.2) is 0 Å². The van der Waals surface area contributed by atoms with Gasteiger partial charge < -0.3 is 19.1 Å². The molecule has 0 unspecified atom stereocenters. The van der Waals surface area contributed by atoms with Crippen LogP contribution in [0.4, 0.5) is 5.69 Å². The van der Waals surface area contributed by atoms with E-state index < -0.39 is 12.1 Å². The molecule has 3 atom stereocenters. The van der Waals surface area contributed by atoms with Crippen LogP contribution in [0.2, 0.25) is 10.0 Å². The van der Waals surface area contributed by atoms with Crippen LogP contribution in [-0.4, -0.2) is 37.0 Å². The number of hydrogen-bond acceptors (Lipinski definition) is 6. The number of ether oxygens (including phenoxy) is 3. The van der Waals surface area contributed by atoms with Crippen molar-refractivity contribution in [3.05, 3.63) is 123 Å². The Morgan fingerprint density at radius 3 is 2.42 bits per heavy atom. The SMILES string of the molecule is CC[C@@H](c1ccccc1)N1Cc2cc3c(cc2C[C@H]1C(=O)OC)N(C)C(=O)[C@@H](c1ccc(OCc2ccc(Cl)c(Cl)c2)cc1)O3. The van der Waals surface area contributed by atoms with Crippen molar-refractivity contribution in [2.45, 2.75) is 51.1 Å². The molecule has 0 spiro atoms. The molecule has 0 aromatic heterocycles. The van der Waals surface area contributed by atoms with Gasteiger partial charge in [-0.1, -0.05) is 78.7 Å². The van der Waals surface area contributed by atoms with Crippen molar-refractivity contribution >= 4 is 40.8 Å². The number of nitrogens with zero attached hydrogens (tertiary/aromatic N) is 2. The monoisotopic (exact) mass is 644 g/mol. The number of rotatable bonds is 8. The van der Waals surface area contributed by atoms with Gasteiger partial charge in [0.2, 0.25) is 6.10 Å². The summed E-state index contributed by atoms with van der Waals surface area (Å²) in [6.07, 6.45) is 0.508. The number of amides is 1. The quantitative estimate of drug-likeness (QED) is 0.183. The van der Waals surface area contributed by atoms with Gasteiger partial charge in [0, 0.05) is 25.2 Å². The molecule has 9 heteroatoms. The highest BCUT2D eigenvalue weighted by Gasteiger charge is 2.39. The Balaban J connectivity index is 1.24. The molecule has 2 aliphatic heterocycles. The first-order valence-electron chi connectivity index (χ1n) is 14.9. The van der Waals surface area contributed by atoms with Crippen LogP contribution in [0.3, 0.4) is 0 Å². The Kier molecular flexibility index (Phi) is 9.04. The molecule has 0 radical (unpaired) electrons. The zero-order valence-electron chi connectivity index (χ0n) is 25.3. The highest BCUT2D eigenvalue weighted by molar-refractivity contribution is 6.42. The summed E-state index contributed by atoms with van der Waals surface area (Å²) in [4.78, 5) is 30.4. The molecule has 2 aliphatic rings. The van der Waals surface area contributed by atoms with Crippen LogP contribution in [0.15, 0.2) is 84.9 Å². The van der Waals surface area contributed by atoms with E-state index in [1.165, 1.54) is 7.11 Å². The lowest BCUT2D eigenvalue weighted by Gasteiger charge is -2.41. The number of anilines is 1. The Morgan fingerprint density at radius 2 is 1.73 bits per heavy atom. The van der Waals surface area contributed by atoms with Crippen molar-refractivity contribution in [1.82, 2.24) is 4.90 Å². The van der Waals surface area contributed by atoms with Gasteiger partial charge in [0.05, 0.1) is 22.8 Å². The van der Waals surface area contributed by atoms with Crippen molar-refractivity contribution in [3.8, 4) is 11.5 Å². The third kappa shape index (κ3) is 6.25. The fourth-order valence-corrected chi connectivity index (χ4v) is 6.54. The second-order valence-electron chi connectivity index (χ2n) is 11.3. The van der Waals surface area contributed by atoms with E-state index in [0.29, 0.717) is 46.8 Å². The highest BCUT2D eigenvalue weighted by Crippen LogP contribution is 2.43. The van der Waals surface area contributed by atoms with E-state index in [-0.39, 0.29) is 17.9 Å². The van der Waals surface area contributed by atoms with Gasteiger partial charge in [0.15, 0.2) is 0 Å². The van der Waals surface area contributed by atoms with Crippen LogP contribution in [0.1, 0.15) is 53.3 Å². The molecule has 0 bridgehead atoms. The maximum absolute atomic E-state index is 13.5. The molecule has 45 heavy (non-hydrogen) atoms. The molecule has 0 aliphatic carbocycles. The fourth-order valence-electron chi connectivity index (χ4n) is 6.22. The average molecular weight is 646 g/mol. The van der Waals surface area contributed by atoms with Crippen molar-refractivity contribution in [2.24, 2.45) is 0 Å². The van der Waals surface area contributed by atoms with E-state index in [1.54, 1.807) is 24.1 Å². The van der Waals surface area contributed by atoms with E-state index in [1.807, 2.05) is 60.7 Å². The number of benzene rings is 4. The maximum Gasteiger partial charge on any atom is 0.323 e. The predicted octanol–water partition coefficient (Wildman–Crippen LogP) is 7.72. The summed E-state index contributed by atoms with van der Waals surface area (Å²) in [5.41, 5.74) is 5.53. The summed E-state index contributed by atoms with van der Waals surface area (Å²) in [6, 6.07) is 26.6. The summed E-state index contributed by atoms with van der Waals surface area (Å²) in [6.45, 7) is 3.01. The highest BCUT2D eigenvalue weighted by atomic mass is 35.5. The number of fused-ring (bicyclic) bond motifs is 2. The molecular weight excluding hydrogens is 611 g/mol. The zero-order chi connectivity index (χ0) is 31.7. The summed E-state index contributed by atoms with van der Waals surface area (Å²) < 4.78 is 17.6. The van der Waals surface area contributed by atoms with E-state index in [4.69, 9.17) is 37.4 Å². The number of methoxy groups -OCH3 is 1. The molecule has 0 saturated heterocycles. The van der Waals surface area contributed by atoms with Crippen LogP contribution < -0.4 is 14.4 Å². The fraction of sp³-hybridized carbons (Fsp3) is 0.278. The molecule has 1 amide bonds. The van der Waals surface area contributed by atoms with E-state index in [9.17, 15) is 9.59 Å². The van der Waals surface area contributed by atoms with Crippen LogP contribution in [-0.2, 0) is 33.9 Å². The van der Waals surface area contributed by atoms with Crippen LogP contribution in [0, 0.1) is 0 Å². The molecule has 6 rings (SSSR count). The Morgan fingerprint density at radius 1 is 0.978 bits per heavy atom. The summed E-state index contributed by atoms with van der Waals surface area (Å²) in [7, 11) is 3.19. The minimum Gasteiger partial charge on any atom is -0.489 e. The van der Waals surface area contributed by atoms with Gasteiger partial charge in [0.1, 0.15) is 24.1 Å². The van der Waals surface area contributed by atoms with Gasteiger partial charge in [0.25, 0.3) is 5.91 Å². The van der Waals surface area contributed by atoms with Crippen molar-refractivity contribution < 1.29 is 23.8 Å². The first kappa shape index (κ1) is 31.0. The molecule has 7 nitrogen and oxygen atoms in total. The largest absolute Gasteiger partial charge is 0.489 e. The topological polar surface area (TPSA) is 68.3 Å². The van der Waals surface area contributed by atoms with Gasteiger partial charge in [-0.05, 0) is 71.5 Å². The van der Waals surface area contributed by atoms with Gasteiger partial charge in [-0.2, -0.15) is 0 Å². The molecule has 0 saturated carbocycles. The number of halogens is 2. The lowest BCUT2D eigenvalue weighted by molar-refractivity contribution is -0.149. The molecule has 232 valence electrons. The average Bonchev–Trinajstić information content (AvgIpc) is 3.06. The van der Waals surface area contributed by atoms with Gasteiger partial charge in [-0.3, -0.25) is 14.5 Å². The summed E-state index contributed by atoms with van der Waals surface area (Å²) >= 11 is 12.1. The third-order valence-corrected chi connectivity index (χ3v) is 9.36. The second kappa shape index (κ2) is 13.1. The van der Waals surface area contributed by atoms with Crippen molar-refractivity contribution in [3.63, 3.8) is 0 Å². The normalized spacial score (nSPS) is 18.4. The molecule has 0 N–H and O–H groups in total. The molecule has 0 fully saturated rings. The molecule has 2 heterocycles. The minimum absolute atomic E-state index is 0.0369. The Labute approximate surface area is 273 Å². The summed E-state index contributed by atoms with van der Waals surface area (Å²) in [5.74, 6) is 0.840. The van der Waals surface area contributed by atoms with Gasteiger partial charge in [-0.15, -0.1) is 0 Å². The lowest BCUT2D eigenvalue weighted by Crippen LogP contribution is -2.48. The standard InChI is InChI=1S/C36H34Cl2N2O5/c1-4-30(23-8-6-5-7-9-23)40-20-26-19-33-31(17-25(26)18-32(40)36(42)43-3)39(2)35(41)34(45-33)24-11-13-27(14-12-24)44-21-22-10-15-28(37)29(38)16-22/h5-17,19,30,32,34H,4,18,20-21H2,1-3H3/t30-,32-,34+/m0/s1. The first-order valence-corrected chi connectivity index (χ1v) is 15.7. The lowest BCUT2D eigenvalue weighted by atomic mass is 9.89. The smallest absolute Gasteiger partial charge is 0.323 e. The summed E-state index contributed by atoms with van der Waals surface area (Å²) in [5, 5.41) is 0.970. The third-order valence-electron chi connectivity index (χ3n) is 8.63. The van der Waals surface area contributed by atoms with Crippen LogP contribution in [0.25, 0.3) is 0 Å². The maximum atomic E-state index is 13.5. The Hall–Kier alpha value is -4.04. The number of carbonyl (C=O) groups excluding carboxylic acids is 2. The number of hydrogen-bond donors (Lipinski definition) is 0. The van der Waals surface area contributed by atoms with Crippen molar-refractivity contribution in [1.29, 1.82) is 0 Å². The Bertz CT molecular complexity index is 1710. The first-order chi connectivity index (χ1) is 21.8. The van der Waals surface area contributed by atoms with Crippen molar-refractivity contribution in [2.75, 3.05) is 19.1 Å². The molecular formula is C36H34Cl2N2O5. The van der Waals surface area contributed by atoms with Crippen LogP contribution in [0.5, 0.6) is 11.5 Å². The van der Waals surface area contributed by atoms with E-state index in [0.717, 1.165) is 34.2 Å². The van der Waals surface area contributed by atoms with Crippen LogP contribution >= 0.6 is 23.2 Å². The predicted molar refractivity (Wildman–Crippen MR) is 175 cm³/mol. The molecule has 4 aromatic rings. The molecule has 4 aromatic carbocycles. The number of likely N-dealkylation sites (N-methyl/N-ethyl adjacent to an activating group) is 1. The number of carbonyl (C=O) groups is 2. The second-order valence-corrected chi connectivity index (χ2v) is 12.2. The number of esters is 1. The zero-order valence-corrected chi connectivity index (χ0v) is 26.8. The van der Waals surface area contributed by atoms with E-state index in [2.05, 4.69) is 24.0 Å². The van der Waals surface area contributed by atoms with E-state index >= 15 is 0 Å². The van der Waals surface area contributed by atoms with Gasteiger partial charge >= 0.3 is 5.97 Å².